The summed E-state index contributed by atoms with van der Waals surface area (Å²) in [6.45, 7) is -0.262. The molecule has 0 amide bonds. The van der Waals surface area contributed by atoms with Gasteiger partial charge in [0.2, 0.25) is 0 Å². The van der Waals surface area contributed by atoms with E-state index < -0.39 is 28.9 Å². The normalized spacial score (nSPS) is 11.9. The minimum Gasteiger partial charge on any atom is -0.280 e. The molecule has 2 heterocycles. The van der Waals surface area contributed by atoms with Crippen LogP contribution in [-0.4, -0.2) is 14.1 Å². The number of nitrogens with zero attached hydrogens (tertiary/aromatic N) is 3. The number of hydrogen-bond acceptors (Lipinski definition) is 3. The van der Waals surface area contributed by atoms with Gasteiger partial charge in [0, 0.05) is 12.1 Å². The number of aromatic nitrogens is 3. The predicted molar refractivity (Wildman–Crippen MR) is 86.8 cm³/mol. The molecule has 2 aromatic heterocycles. The molecule has 0 bridgehead atoms. The Morgan fingerprint density at radius 3 is 2.46 bits per heavy atom. The fraction of sp³-hybridized carbons (Fsp3) is 0.188. The third-order valence-corrected chi connectivity index (χ3v) is 4.17. The summed E-state index contributed by atoms with van der Waals surface area (Å²) in [5.74, 6) is -0.582. The van der Waals surface area contributed by atoms with Crippen molar-refractivity contribution in [2.75, 3.05) is 0 Å². The van der Waals surface area contributed by atoms with Crippen molar-refractivity contribution in [3.05, 3.63) is 73.3 Å². The van der Waals surface area contributed by atoms with E-state index in [0.29, 0.717) is 11.6 Å². The van der Waals surface area contributed by atoms with Gasteiger partial charge in [0.05, 0.1) is 11.9 Å². The summed E-state index contributed by atoms with van der Waals surface area (Å²) in [6.07, 6.45) is -4.71. The van der Waals surface area contributed by atoms with Crippen LogP contribution in [0.1, 0.15) is 11.3 Å². The molecule has 1 aromatic carbocycles. The van der Waals surface area contributed by atoms with Crippen molar-refractivity contribution >= 4 is 22.6 Å². The second kappa shape index (κ2) is 6.24. The Kier molecular flexibility index (Phi) is 4.35. The molecule has 0 radical (unpaired) electrons. The van der Waals surface area contributed by atoms with Gasteiger partial charge in [-0.05, 0) is 29.8 Å². The average Bonchev–Trinajstić information content (AvgIpc) is 2.57. The van der Waals surface area contributed by atoms with Crippen LogP contribution in [0, 0.1) is 5.82 Å². The van der Waals surface area contributed by atoms with Crippen LogP contribution < -0.4 is 11.2 Å². The molecule has 3 aromatic rings. The largest absolute Gasteiger partial charge is 0.433 e. The zero-order valence-electron chi connectivity index (χ0n) is 13.1. The molecule has 0 unspecified atom stereocenters. The number of hydrogen-bond donors (Lipinski definition) is 0. The molecule has 0 aliphatic carbocycles. The van der Waals surface area contributed by atoms with E-state index in [9.17, 15) is 27.2 Å². The van der Waals surface area contributed by atoms with Gasteiger partial charge in [0.25, 0.3) is 5.56 Å². The van der Waals surface area contributed by atoms with Crippen molar-refractivity contribution in [1.82, 2.24) is 14.1 Å². The average molecular weight is 388 g/mol. The first-order valence-electron chi connectivity index (χ1n) is 7.21. The highest BCUT2D eigenvalue weighted by atomic mass is 35.5. The summed E-state index contributed by atoms with van der Waals surface area (Å²) < 4.78 is 53.2. The van der Waals surface area contributed by atoms with Crippen LogP contribution in [0.5, 0.6) is 0 Å². The second-order valence-electron chi connectivity index (χ2n) is 5.53. The van der Waals surface area contributed by atoms with Crippen molar-refractivity contribution in [3.8, 4) is 0 Å². The molecule has 0 aliphatic rings. The molecule has 10 heteroatoms. The van der Waals surface area contributed by atoms with Crippen LogP contribution in [-0.2, 0) is 19.8 Å². The lowest BCUT2D eigenvalue weighted by atomic mass is 10.2. The molecule has 0 N–H and O–H groups in total. The molecule has 0 saturated heterocycles. The first-order chi connectivity index (χ1) is 12.1. The summed E-state index contributed by atoms with van der Waals surface area (Å²) in [4.78, 5) is 28.4. The monoisotopic (exact) mass is 387 g/mol. The third-order valence-electron chi connectivity index (χ3n) is 3.82. The number of rotatable bonds is 2. The van der Waals surface area contributed by atoms with Crippen LogP contribution in [0.3, 0.4) is 0 Å². The third kappa shape index (κ3) is 3.10. The smallest absolute Gasteiger partial charge is 0.280 e. The topological polar surface area (TPSA) is 56.9 Å². The quantitative estimate of drug-likeness (QED) is 0.635. The molecule has 0 fully saturated rings. The molecule has 0 atom stereocenters. The Morgan fingerprint density at radius 2 is 1.85 bits per heavy atom. The second-order valence-corrected chi connectivity index (χ2v) is 5.94. The lowest BCUT2D eigenvalue weighted by Crippen LogP contribution is -2.39. The van der Waals surface area contributed by atoms with Crippen LogP contribution >= 0.6 is 11.6 Å². The molecule has 0 spiro atoms. The Balaban J connectivity index is 2.22. The summed E-state index contributed by atoms with van der Waals surface area (Å²) in [6, 6.07) is 5.11. The molecule has 3 rings (SSSR count). The van der Waals surface area contributed by atoms with E-state index in [-0.39, 0.29) is 22.6 Å². The zero-order valence-corrected chi connectivity index (χ0v) is 13.9. The standard InChI is InChI=1S/C16H10ClF4N3O2/c1-23-13-10(4-5-12(22-13)16(19,20)21)14(25)24(15(23)26)7-8-2-3-9(18)6-11(8)17/h2-6H,7H2,1H3. The van der Waals surface area contributed by atoms with E-state index >= 15 is 0 Å². The highest BCUT2D eigenvalue weighted by molar-refractivity contribution is 6.31. The maximum atomic E-state index is 13.1. The minimum absolute atomic E-state index is 0.0181. The van der Waals surface area contributed by atoms with E-state index in [0.717, 1.165) is 27.3 Å². The van der Waals surface area contributed by atoms with Gasteiger partial charge in [-0.15, -0.1) is 0 Å². The minimum atomic E-state index is -4.71. The number of fused-ring (bicyclic) bond motifs is 1. The van der Waals surface area contributed by atoms with Gasteiger partial charge < -0.3 is 0 Å². The summed E-state index contributed by atoms with van der Waals surface area (Å²) in [5, 5.41) is -0.136. The lowest BCUT2D eigenvalue weighted by molar-refractivity contribution is -0.141. The lowest BCUT2D eigenvalue weighted by Gasteiger charge is -2.12. The fourth-order valence-corrected chi connectivity index (χ4v) is 2.72. The first kappa shape index (κ1) is 18.1. The summed E-state index contributed by atoms with van der Waals surface area (Å²) in [5.41, 5.74) is -2.96. The molecule has 26 heavy (non-hydrogen) atoms. The van der Waals surface area contributed by atoms with E-state index in [2.05, 4.69) is 4.98 Å². The van der Waals surface area contributed by atoms with Gasteiger partial charge in [0.15, 0.2) is 0 Å². The first-order valence-corrected chi connectivity index (χ1v) is 7.59. The van der Waals surface area contributed by atoms with E-state index in [1.165, 1.54) is 13.1 Å². The fourth-order valence-electron chi connectivity index (χ4n) is 2.49. The van der Waals surface area contributed by atoms with E-state index in [1.807, 2.05) is 0 Å². The maximum Gasteiger partial charge on any atom is 0.433 e. The highest BCUT2D eigenvalue weighted by Crippen LogP contribution is 2.28. The Labute approximate surface area is 148 Å². The number of benzene rings is 1. The summed E-state index contributed by atoms with van der Waals surface area (Å²) >= 11 is 5.91. The van der Waals surface area contributed by atoms with Crippen LogP contribution in [0.25, 0.3) is 11.0 Å². The molecule has 0 saturated carbocycles. The van der Waals surface area contributed by atoms with Crippen molar-refractivity contribution in [1.29, 1.82) is 0 Å². The molecule has 0 aliphatic heterocycles. The predicted octanol–water partition coefficient (Wildman–Crippen LogP) is 2.95. The van der Waals surface area contributed by atoms with Crippen LogP contribution in [0.2, 0.25) is 5.02 Å². The molecule has 5 nitrogen and oxygen atoms in total. The maximum absolute atomic E-state index is 13.1. The van der Waals surface area contributed by atoms with Gasteiger partial charge >= 0.3 is 11.9 Å². The van der Waals surface area contributed by atoms with Gasteiger partial charge in [-0.3, -0.25) is 13.9 Å². The molecular formula is C16H10ClF4N3O2. The van der Waals surface area contributed by atoms with Gasteiger partial charge in [-0.25, -0.2) is 14.2 Å². The number of alkyl halides is 3. The van der Waals surface area contributed by atoms with E-state index in [4.69, 9.17) is 11.6 Å². The Bertz CT molecular complexity index is 1140. The van der Waals surface area contributed by atoms with E-state index in [1.54, 1.807) is 0 Å². The van der Waals surface area contributed by atoms with Gasteiger partial charge in [-0.2, -0.15) is 13.2 Å². The van der Waals surface area contributed by atoms with Gasteiger partial charge in [0.1, 0.15) is 17.2 Å². The SMILES string of the molecule is Cn1c(=O)n(Cc2ccc(F)cc2Cl)c(=O)c2ccc(C(F)(F)F)nc21. The summed E-state index contributed by atoms with van der Waals surface area (Å²) in [7, 11) is 1.21. The Hall–Kier alpha value is -2.68. The molecule has 136 valence electrons. The van der Waals surface area contributed by atoms with Crippen LogP contribution in [0.4, 0.5) is 17.6 Å². The number of aryl methyl sites for hydroxylation is 1. The van der Waals surface area contributed by atoms with Gasteiger partial charge in [-0.1, -0.05) is 17.7 Å². The zero-order chi connectivity index (χ0) is 19.2. The van der Waals surface area contributed by atoms with Crippen molar-refractivity contribution in [2.24, 2.45) is 7.05 Å². The number of pyridine rings is 1. The van der Waals surface area contributed by atoms with Crippen molar-refractivity contribution in [3.63, 3.8) is 0 Å². The van der Waals surface area contributed by atoms with Crippen molar-refractivity contribution in [2.45, 2.75) is 12.7 Å². The van der Waals surface area contributed by atoms with Crippen LogP contribution in [0.15, 0.2) is 39.9 Å². The Morgan fingerprint density at radius 1 is 1.15 bits per heavy atom. The van der Waals surface area contributed by atoms with Crippen molar-refractivity contribution < 1.29 is 17.6 Å². The number of halogens is 5. The highest BCUT2D eigenvalue weighted by Gasteiger charge is 2.33. The molecular weight excluding hydrogens is 378 g/mol.